The van der Waals surface area contributed by atoms with Crippen LogP contribution in [0.3, 0.4) is 0 Å². The van der Waals surface area contributed by atoms with Crippen LogP contribution in [0.15, 0.2) is 11.4 Å². The molecule has 0 unspecified atom stereocenters. The highest BCUT2D eigenvalue weighted by atomic mass is 32.1. The van der Waals surface area contributed by atoms with Crippen LogP contribution in [0.25, 0.3) is 0 Å². The summed E-state index contributed by atoms with van der Waals surface area (Å²) in [6.07, 6.45) is 2.94. The third-order valence-electron chi connectivity index (χ3n) is 3.36. The van der Waals surface area contributed by atoms with Crippen LogP contribution in [-0.4, -0.2) is 20.2 Å². The van der Waals surface area contributed by atoms with Gasteiger partial charge in [0, 0.05) is 16.8 Å². The third kappa shape index (κ3) is 1.16. The lowest BCUT2D eigenvalue weighted by atomic mass is 9.93. The summed E-state index contributed by atoms with van der Waals surface area (Å²) in [5.41, 5.74) is 2.01. The summed E-state index contributed by atoms with van der Waals surface area (Å²) in [4.78, 5) is 1.46. The highest BCUT2D eigenvalue weighted by Crippen LogP contribution is 2.55. The largest absolute Gasteiger partial charge is 0.370 e. The second kappa shape index (κ2) is 3.05. The first-order chi connectivity index (χ1) is 6.86. The Morgan fingerprint density at radius 3 is 3.21 bits per heavy atom. The summed E-state index contributed by atoms with van der Waals surface area (Å²) < 4.78 is 5.93. The molecule has 0 bridgehead atoms. The van der Waals surface area contributed by atoms with Crippen molar-refractivity contribution in [1.82, 2.24) is 5.32 Å². The molecule has 3 rings (SSSR count). The summed E-state index contributed by atoms with van der Waals surface area (Å²) in [6.45, 7) is 1.87. The molecule has 0 aromatic carbocycles. The Hall–Kier alpha value is -0.380. The van der Waals surface area contributed by atoms with Gasteiger partial charge in [0.2, 0.25) is 0 Å². The molecule has 2 nitrogen and oxygen atoms in total. The Morgan fingerprint density at radius 2 is 2.50 bits per heavy atom. The minimum Gasteiger partial charge on any atom is -0.370 e. The summed E-state index contributed by atoms with van der Waals surface area (Å²) in [7, 11) is 1.98. The first-order valence-corrected chi connectivity index (χ1v) is 6.08. The van der Waals surface area contributed by atoms with E-state index in [0.29, 0.717) is 11.5 Å². The van der Waals surface area contributed by atoms with Crippen molar-refractivity contribution in [3.8, 4) is 0 Å². The number of hydrogen-bond donors (Lipinski definition) is 1. The van der Waals surface area contributed by atoms with E-state index in [0.717, 1.165) is 13.2 Å². The van der Waals surface area contributed by atoms with E-state index in [1.165, 1.54) is 17.7 Å². The zero-order chi connectivity index (χ0) is 9.60. The average Bonchev–Trinajstić information content (AvgIpc) is 2.78. The van der Waals surface area contributed by atoms with Gasteiger partial charge in [0.05, 0.1) is 6.61 Å². The molecular formula is C11H15NOS. The van der Waals surface area contributed by atoms with Crippen molar-refractivity contribution < 1.29 is 4.74 Å². The molecule has 1 saturated carbocycles. The summed E-state index contributed by atoms with van der Waals surface area (Å²) in [6, 6.07) is 2.30. The summed E-state index contributed by atoms with van der Waals surface area (Å²) >= 11 is 1.85. The molecule has 76 valence electrons. The first kappa shape index (κ1) is 8.89. The van der Waals surface area contributed by atoms with Gasteiger partial charge in [0.25, 0.3) is 0 Å². The van der Waals surface area contributed by atoms with Crippen molar-refractivity contribution in [2.75, 3.05) is 20.2 Å². The van der Waals surface area contributed by atoms with E-state index in [1.807, 2.05) is 18.4 Å². The van der Waals surface area contributed by atoms with E-state index in [1.54, 1.807) is 5.56 Å². The van der Waals surface area contributed by atoms with E-state index < -0.39 is 0 Å². The molecule has 1 fully saturated rings. The molecule has 0 amide bonds. The smallest absolute Gasteiger partial charge is 0.104 e. The van der Waals surface area contributed by atoms with E-state index in [2.05, 4.69) is 16.8 Å². The molecule has 2 heterocycles. The fourth-order valence-corrected chi connectivity index (χ4v) is 3.39. The van der Waals surface area contributed by atoms with E-state index in [4.69, 9.17) is 4.74 Å². The normalized spacial score (nSPS) is 27.6. The van der Waals surface area contributed by atoms with Gasteiger partial charge >= 0.3 is 0 Å². The third-order valence-corrected chi connectivity index (χ3v) is 4.37. The predicted molar refractivity (Wildman–Crippen MR) is 57.9 cm³/mol. The first-order valence-electron chi connectivity index (χ1n) is 5.20. The molecule has 1 aliphatic carbocycles. The molecule has 14 heavy (non-hydrogen) atoms. The molecule has 1 spiro atoms. The number of likely N-dealkylation sites (N-methyl/N-ethyl adjacent to an activating group) is 1. The topological polar surface area (TPSA) is 21.3 Å². The van der Waals surface area contributed by atoms with Crippen molar-refractivity contribution in [3.63, 3.8) is 0 Å². The number of ether oxygens (including phenoxy) is 1. The molecule has 1 aromatic rings. The van der Waals surface area contributed by atoms with Crippen LogP contribution in [0.1, 0.15) is 29.4 Å². The van der Waals surface area contributed by atoms with Gasteiger partial charge in [-0.25, -0.2) is 0 Å². The number of nitrogens with one attached hydrogen (secondary N) is 1. The Bertz CT molecular complexity index is 343. The minimum atomic E-state index is 0.293. The van der Waals surface area contributed by atoms with E-state index in [9.17, 15) is 0 Å². The maximum Gasteiger partial charge on any atom is 0.104 e. The molecule has 0 saturated heterocycles. The van der Waals surface area contributed by atoms with Crippen molar-refractivity contribution >= 4 is 11.3 Å². The summed E-state index contributed by atoms with van der Waals surface area (Å²) in [5, 5.41) is 5.41. The molecule has 1 N–H and O–H groups in total. The van der Waals surface area contributed by atoms with Crippen LogP contribution in [0.4, 0.5) is 0 Å². The van der Waals surface area contributed by atoms with Gasteiger partial charge in [-0.3, -0.25) is 0 Å². The monoisotopic (exact) mass is 209 g/mol. The van der Waals surface area contributed by atoms with Crippen LogP contribution in [0, 0.1) is 0 Å². The van der Waals surface area contributed by atoms with Crippen molar-refractivity contribution in [2.24, 2.45) is 0 Å². The standard InChI is InChI=1S/C11H15NOS/c1-12-6-9-10-8(2-5-14-10)11(3-4-11)7-13-9/h2,5,9,12H,3-4,6-7H2,1H3/t9-/m0/s1. The molecule has 1 aromatic heterocycles. The minimum absolute atomic E-state index is 0.293. The lowest BCUT2D eigenvalue weighted by Crippen LogP contribution is -2.29. The molecule has 1 aliphatic heterocycles. The Balaban J connectivity index is 1.96. The number of rotatable bonds is 2. The van der Waals surface area contributed by atoms with Crippen LogP contribution < -0.4 is 5.32 Å². The van der Waals surface area contributed by atoms with Crippen molar-refractivity contribution in [2.45, 2.75) is 24.4 Å². The number of hydrogen-bond acceptors (Lipinski definition) is 3. The average molecular weight is 209 g/mol. The van der Waals surface area contributed by atoms with Gasteiger partial charge in [-0.2, -0.15) is 0 Å². The molecule has 1 atom stereocenters. The van der Waals surface area contributed by atoms with Gasteiger partial charge in [0.15, 0.2) is 0 Å². The summed E-state index contributed by atoms with van der Waals surface area (Å²) in [5.74, 6) is 0. The van der Waals surface area contributed by atoms with Gasteiger partial charge in [-0.1, -0.05) is 0 Å². The highest BCUT2D eigenvalue weighted by Gasteiger charge is 2.50. The van der Waals surface area contributed by atoms with E-state index >= 15 is 0 Å². The zero-order valence-electron chi connectivity index (χ0n) is 8.38. The van der Waals surface area contributed by atoms with Crippen molar-refractivity contribution in [3.05, 3.63) is 21.9 Å². The van der Waals surface area contributed by atoms with Gasteiger partial charge in [-0.05, 0) is 36.9 Å². The molecular weight excluding hydrogens is 194 g/mol. The Labute approximate surface area is 88.3 Å². The highest BCUT2D eigenvalue weighted by molar-refractivity contribution is 7.10. The Morgan fingerprint density at radius 1 is 1.64 bits per heavy atom. The fraction of sp³-hybridized carbons (Fsp3) is 0.636. The second-order valence-electron chi connectivity index (χ2n) is 4.34. The second-order valence-corrected chi connectivity index (χ2v) is 5.28. The van der Waals surface area contributed by atoms with Crippen LogP contribution in [0.5, 0.6) is 0 Å². The van der Waals surface area contributed by atoms with Gasteiger partial charge < -0.3 is 10.1 Å². The quantitative estimate of drug-likeness (QED) is 0.805. The lowest BCUT2D eigenvalue weighted by Gasteiger charge is -2.29. The van der Waals surface area contributed by atoms with Crippen LogP contribution in [0.2, 0.25) is 0 Å². The predicted octanol–water partition coefficient (Wildman–Crippen LogP) is 2.07. The SMILES string of the molecule is CNC[C@@H]1OCC2(CC2)c2ccsc21. The maximum absolute atomic E-state index is 5.93. The van der Waals surface area contributed by atoms with E-state index in [-0.39, 0.29) is 0 Å². The molecule has 3 heteroatoms. The van der Waals surface area contributed by atoms with Gasteiger partial charge in [-0.15, -0.1) is 11.3 Å². The van der Waals surface area contributed by atoms with Gasteiger partial charge in [0.1, 0.15) is 6.10 Å². The van der Waals surface area contributed by atoms with Crippen LogP contribution >= 0.6 is 11.3 Å². The Kier molecular flexibility index (Phi) is 1.94. The van der Waals surface area contributed by atoms with Crippen molar-refractivity contribution in [1.29, 1.82) is 0 Å². The molecule has 2 aliphatic rings. The van der Waals surface area contributed by atoms with Crippen LogP contribution in [-0.2, 0) is 10.2 Å². The fourth-order valence-electron chi connectivity index (χ4n) is 2.32. The number of fused-ring (bicyclic) bond motifs is 2. The molecule has 0 radical (unpaired) electrons. The maximum atomic E-state index is 5.93. The lowest BCUT2D eigenvalue weighted by molar-refractivity contribution is 0.0261. The zero-order valence-corrected chi connectivity index (χ0v) is 9.19. The number of thiophene rings is 1.